The van der Waals surface area contributed by atoms with Gasteiger partial charge in [0.15, 0.2) is 0 Å². The van der Waals surface area contributed by atoms with Gasteiger partial charge in [-0.3, -0.25) is 4.79 Å². The zero-order valence-electron chi connectivity index (χ0n) is 10.8. The molecule has 0 atom stereocenters. The summed E-state index contributed by atoms with van der Waals surface area (Å²) < 4.78 is 5.15. The lowest BCUT2D eigenvalue weighted by Gasteiger charge is -2.08. The van der Waals surface area contributed by atoms with Crippen molar-refractivity contribution in [2.75, 3.05) is 11.9 Å². The van der Waals surface area contributed by atoms with Crippen LogP contribution in [0.25, 0.3) is 0 Å². The first-order valence-corrected chi connectivity index (χ1v) is 6.13. The number of ether oxygens (including phenoxy) is 1. The molecule has 1 aromatic carbocycles. The van der Waals surface area contributed by atoms with Gasteiger partial charge in [0.05, 0.1) is 5.92 Å². The van der Waals surface area contributed by atoms with E-state index in [1.54, 1.807) is 0 Å². The van der Waals surface area contributed by atoms with Crippen LogP contribution in [-0.2, 0) is 16.1 Å². The van der Waals surface area contributed by atoms with Gasteiger partial charge in [0.1, 0.15) is 6.61 Å². The second-order valence-electron chi connectivity index (χ2n) is 4.39. The molecule has 0 bridgehead atoms. The molecule has 3 heteroatoms. The fraction of sp³-hybridized carbons (Fsp3) is 0.500. The van der Waals surface area contributed by atoms with E-state index in [9.17, 15) is 4.79 Å². The molecule has 17 heavy (non-hydrogen) atoms. The first kappa shape index (κ1) is 13.6. The molecule has 0 unspecified atom stereocenters. The topological polar surface area (TPSA) is 38.3 Å². The van der Waals surface area contributed by atoms with Crippen molar-refractivity contribution < 1.29 is 9.53 Å². The van der Waals surface area contributed by atoms with Gasteiger partial charge in [0.2, 0.25) is 0 Å². The van der Waals surface area contributed by atoms with Gasteiger partial charge in [-0.05, 0) is 24.1 Å². The summed E-state index contributed by atoms with van der Waals surface area (Å²) in [6, 6.07) is 7.97. The highest BCUT2D eigenvalue weighted by molar-refractivity contribution is 5.71. The van der Waals surface area contributed by atoms with E-state index < -0.39 is 0 Å². The predicted molar refractivity (Wildman–Crippen MR) is 69.9 cm³/mol. The molecule has 0 fully saturated rings. The van der Waals surface area contributed by atoms with E-state index >= 15 is 0 Å². The highest BCUT2D eigenvalue weighted by Crippen LogP contribution is 2.11. The number of benzene rings is 1. The Hall–Kier alpha value is -1.51. The van der Waals surface area contributed by atoms with Gasteiger partial charge in [-0.15, -0.1) is 0 Å². The van der Waals surface area contributed by atoms with Crippen LogP contribution < -0.4 is 5.32 Å². The summed E-state index contributed by atoms with van der Waals surface area (Å²) in [5.74, 6) is -0.223. The van der Waals surface area contributed by atoms with Gasteiger partial charge in [-0.2, -0.15) is 0 Å². The lowest BCUT2D eigenvalue weighted by molar-refractivity contribution is -0.148. The Morgan fingerprint density at radius 3 is 2.47 bits per heavy atom. The molecule has 94 valence electrons. The first-order valence-electron chi connectivity index (χ1n) is 6.13. The Balaban J connectivity index is 2.42. The fourth-order valence-corrected chi connectivity index (χ4v) is 1.31. The molecule has 0 saturated heterocycles. The van der Waals surface area contributed by atoms with Crippen molar-refractivity contribution in [2.24, 2.45) is 5.92 Å². The molecule has 3 nitrogen and oxygen atoms in total. The number of carbonyl (C=O) groups is 1. The van der Waals surface area contributed by atoms with Gasteiger partial charge >= 0.3 is 5.97 Å². The highest BCUT2D eigenvalue weighted by atomic mass is 16.5. The average molecular weight is 235 g/mol. The van der Waals surface area contributed by atoms with Crippen molar-refractivity contribution in [1.29, 1.82) is 0 Å². The van der Waals surface area contributed by atoms with E-state index in [4.69, 9.17) is 4.74 Å². The minimum absolute atomic E-state index is 0.0690. The van der Waals surface area contributed by atoms with Crippen molar-refractivity contribution in [3.05, 3.63) is 29.8 Å². The summed E-state index contributed by atoms with van der Waals surface area (Å²) in [7, 11) is 0. The van der Waals surface area contributed by atoms with Crippen LogP contribution in [0.15, 0.2) is 24.3 Å². The lowest BCUT2D eigenvalue weighted by atomic mass is 10.2. The molecule has 0 aliphatic carbocycles. The monoisotopic (exact) mass is 235 g/mol. The molecule has 1 N–H and O–H groups in total. The SMILES string of the molecule is CCCNc1ccc(COC(=O)C(C)C)cc1. The number of rotatable bonds is 6. The average Bonchev–Trinajstić information content (AvgIpc) is 2.34. The van der Waals surface area contributed by atoms with E-state index in [1.807, 2.05) is 38.1 Å². The second-order valence-corrected chi connectivity index (χ2v) is 4.39. The number of hydrogen-bond acceptors (Lipinski definition) is 3. The molecule has 0 aromatic heterocycles. The van der Waals surface area contributed by atoms with Crippen LogP contribution >= 0.6 is 0 Å². The Morgan fingerprint density at radius 2 is 1.94 bits per heavy atom. The molecule has 1 rings (SSSR count). The minimum atomic E-state index is -0.154. The maximum Gasteiger partial charge on any atom is 0.308 e. The zero-order chi connectivity index (χ0) is 12.7. The van der Waals surface area contributed by atoms with Gasteiger partial charge in [-0.25, -0.2) is 0 Å². The number of esters is 1. The van der Waals surface area contributed by atoms with Crippen LogP contribution in [0.3, 0.4) is 0 Å². The molecule has 0 saturated carbocycles. The standard InChI is InChI=1S/C14H21NO2/c1-4-9-15-13-7-5-12(6-8-13)10-17-14(16)11(2)3/h5-8,11,15H,4,9-10H2,1-3H3. The van der Waals surface area contributed by atoms with E-state index in [2.05, 4.69) is 12.2 Å². The van der Waals surface area contributed by atoms with Crippen LogP contribution in [0, 0.1) is 5.92 Å². The summed E-state index contributed by atoms with van der Waals surface area (Å²) in [6.07, 6.45) is 1.10. The highest BCUT2D eigenvalue weighted by Gasteiger charge is 2.07. The van der Waals surface area contributed by atoms with Gasteiger partial charge in [-0.1, -0.05) is 32.9 Å². The molecule has 1 aromatic rings. The third-order valence-corrected chi connectivity index (χ3v) is 2.39. The van der Waals surface area contributed by atoms with E-state index in [-0.39, 0.29) is 11.9 Å². The quantitative estimate of drug-likeness (QED) is 0.769. The third kappa shape index (κ3) is 4.89. The van der Waals surface area contributed by atoms with Crippen LogP contribution in [0.2, 0.25) is 0 Å². The van der Waals surface area contributed by atoms with Crippen molar-refractivity contribution in [2.45, 2.75) is 33.8 Å². The summed E-state index contributed by atoms with van der Waals surface area (Å²) in [4.78, 5) is 11.3. The molecular formula is C14H21NO2. The Morgan fingerprint density at radius 1 is 1.29 bits per heavy atom. The Bertz CT molecular complexity index is 344. The number of anilines is 1. The minimum Gasteiger partial charge on any atom is -0.461 e. The number of carbonyl (C=O) groups excluding carboxylic acids is 1. The molecule has 0 aliphatic rings. The lowest BCUT2D eigenvalue weighted by Crippen LogP contribution is -2.11. The Labute approximate surface area is 103 Å². The van der Waals surface area contributed by atoms with Crippen LogP contribution in [0.5, 0.6) is 0 Å². The molecule has 0 amide bonds. The van der Waals surface area contributed by atoms with Crippen LogP contribution in [0.1, 0.15) is 32.8 Å². The van der Waals surface area contributed by atoms with Crippen LogP contribution in [-0.4, -0.2) is 12.5 Å². The summed E-state index contributed by atoms with van der Waals surface area (Å²) in [5, 5.41) is 3.30. The second kappa shape index (κ2) is 6.94. The van der Waals surface area contributed by atoms with Crippen molar-refractivity contribution in [3.8, 4) is 0 Å². The molecule has 0 radical (unpaired) electrons. The smallest absolute Gasteiger partial charge is 0.308 e. The zero-order valence-corrected chi connectivity index (χ0v) is 10.8. The number of nitrogens with one attached hydrogen (secondary N) is 1. The normalized spacial score (nSPS) is 10.4. The van der Waals surface area contributed by atoms with E-state index in [1.165, 1.54) is 0 Å². The fourth-order valence-electron chi connectivity index (χ4n) is 1.31. The van der Waals surface area contributed by atoms with Crippen molar-refractivity contribution in [1.82, 2.24) is 0 Å². The summed E-state index contributed by atoms with van der Waals surface area (Å²) in [5.41, 5.74) is 2.12. The van der Waals surface area contributed by atoms with E-state index in [0.29, 0.717) is 6.61 Å². The summed E-state index contributed by atoms with van der Waals surface area (Å²) in [6.45, 7) is 7.12. The van der Waals surface area contributed by atoms with Crippen molar-refractivity contribution in [3.63, 3.8) is 0 Å². The van der Waals surface area contributed by atoms with Gasteiger partial charge in [0.25, 0.3) is 0 Å². The largest absolute Gasteiger partial charge is 0.461 e. The predicted octanol–water partition coefficient (Wildman–Crippen LogP) is 3.21. The maximum atomic E-state index is 11.3. The maximum absolute atomic E-state index is 11.3. The first-order chi connectivity index (χ1) is 8.13. The summed E-state index contributed by atoms with van der Waals surface area (Å²) >= 11 is 0. The number of hydrogen-bond donors (Lipinski definition) is 1. The third-order valence-electron chi connectivity index (χ3n) is 2.39. The van der Waals surface area contributed by atoms with Gasteiger partial charge < -0.3 is 10.1 Å². The van der Waals surface area contributed by atoms with Gasteiger partial charge in [0, 0.05) is 12.2 Å². The van der Waals surface area contributed by atoms with Crippen molar-refractivity contribution >= 4 is 11.7 Å². The van der Waals surface area contributed by atoms with Crippen LogP contribution in [0.4, 0.5) is 5.69 Å². The molecule has 0 spiro atoms. The van der Waals surface area contributed by atoms with E-state index in [0.717, 1.165) is 24.2 Å². The molecule has 0 aliphatic heterocycles. The Kier molecular flexibility index (Phi) is 5.53. The molecule has 0 heterocycles. The molecular weight excluding hydrogens is 214 g/mol.